The van der Waals surface area contributed by atoms with Gasteiger partial charge in [0, 0.05) is 17.6 Å². The third kappa shape index (κ3) is 1.76. The standard InChI is InChI=1S/C7H5ClN4S/c8-5-3-4(11-7(9)12-5)6-10-1-2-13-6/h1-3H,(H2,9,11,12). The van der Waals surface area contributed by atoms with Gasteiger partial charge in [-0.1, -0.05) is 11.6 Å². The van der Waals surface area contributed by atoms with Crippen LogP contribution in [0.3, 0.4) is 0 Å². The second-order valence-corrected chi connectivity index (χ2v) is 3.55. The fraction of sp³-hybridized carbons (Fsp3) is 0. The van der Waals surface area contributed by atoms with Crippen molar-refractivity contribution >= 4 is 28.9 Å². The number of rotatable bonds is 1. The molecule has 0 saturated heterocycles. The van der Waals surface area contributed by atoms with Crippen LogP contribution in [0.15, 0.2) is 17.6 Å². The number of hydrogen-bond donors (Lipinski definition) is 1. The molecule has 0 aliphatic rings. The van der Waals surface area contributed by atoms with Crippen molar-refractivity contribution < 1.29 is 0 Å². The Bertz CT molecular complexity index is 394. The lowest BCUT2D eigenvalue weighted by Gasteiger charge is -1.97. The average Bonchev–Trinajstić information content (AvgIpc) is 2.53. The van der Waals surface area contributed by atoms with E-state index in [-0.39, 0.29) is 5.95 Å². The normalized spacial score (nSPS) is 10.2. The summed E-state index contributed by atoms with van der Waals surface area (Å²) in [7, 11) is 0. The Morgan fingerprint density at radius 1 is 1.38 bits per heavy atom. The summed E-state index contributed by atoms with van der Waals surface area (Å²) < 4.78 is 0. The minimum Gasteiger partial charge on any atom is -0.368 e. The second-order valence-electron chi connectivity index (χ2n) is 2.27. The van der Waals surface area contributed by atoms with Gasteiger partial charge in [0.05, 0.1) is 0 Å². The quantitative estimate of drug-likeness (QED) is 0.733. The molecule has 4 nitrogen and oxygen atoms in total. The van der Waals surface area contributed by atoms with E-state index in [4.69, 9.17) is 17.3 Å². The third-order valence-electron chi connectivity index (χ3n) is 1.36. The van der Waals surface area contributed by atoms with E-state index in [0.29, 0.717) is 10.8 Å². The summed E-state index contributed by atoms with van der Waals surface area (Å²) in [6.45, 7) is 0. The minimum absolute atomic E-state index is 0.165. The summed E-state index contributed by atoms with van der Waals surface area (Å²) in [5, 5.41) is 2.98. The maximum Gasteiger partial charge on any atom is 0.222 e. The molecule has 66 valence electrons. The summed E-state index contributed by atoms with van der Waals surface area (Å²) >= 11 is 7.19. The molecule has 13 heavy (non-hydrogen) atoms. The Morgan fingerprint density at radius 2 is 2.23 bits per heavy atom. The van der Waals surface area contributed by atoms with Gasteiger partial charge < -0.3 is 5.73 Å². The van der Waals surface area contributed by atoms with E-state index in [1.54, 1.807) is 12.3 Å². The lowest BCUT2D eigenvalue weighted by Crippen LogP contribution is -1.96. The highest BCUT2D eigenvalue weighted by Crippen LogP contribution is 2.22. The van der Waals surface area contributed by atoms with Crippen molar-refractivity contribution in [3.05, 3.63) is 22.8 Å². The number of aromatic nitrogens is 3. The minimum atomic E-state index is 0.165. The van der Waals surface area contributed by atoms with Gasteiger partial charge in [-0.05, 0) is 0 Å². The van der Waals surface area contributed by atoms with Crippen molar-refractivity contribution in [3.63, 3.8) is 0 Å². The predicted molar refractivity (Wildman–Crippen MR) is 52.6 cm³/mol. The predicted octanol–water partition coefficient (Wildman–Crippen LogP) is 1.84. The summed E-state index contributed by atoms with van der Waals surface area (Å²) in [5.41, 5.74) is 6.10. The summed E-state index contributed by atoms with van der Waals surface area (Å²) in [6.07, 6.45) is 1.70. The molecule has 0 aliphatic heterocycles. The average molecular weight is 213 g/mol. The zero-order valence-electron chi connectivity index (χ0n) is 6.44. The van der Waals surface area contributed by atoms with Crippen LogP contribution >= 0.6 is 22.9 Å². The van der Waals surface area contributed by atoms with E-state index in [9.17, 15) is 0 Å². The van der Waals surface area contributed by atoms with Crippen LogP contribution in [-0.2, 0) is 0 Å². The van der Waals surface area contributed by atoms with E-state index in [0.717, 1.165) is 5.01 Å². The maximum absolute atomic E-state index is 5.71. The monoisotopic (exact) mass is 212 g/mol. The van der Waals surface area contributed by atoms with Crippen LogP contribution in [-0.4, -0.2) is 15.0 Å². The highest BCUT2D eigenvalue weighted by Gasteiger charge is 2.04. The van der Waals surface area contributed by atoms with Gasteiger partial charge in [0.1, 0.15) is 15.9 Å². The Labute approximate surface area is 83.4 Å². The maximum atomic E-state index is 5.71. The van der Waals surface area contributed by atoms with Gasteiger partial charge in [0.15, 0.2) is 0 Å². The number of nitrogens with zero attached hydrogens (tertiary/aromatic N) is 3. The molecular weight excluding hydrogens is 208 g/mol. The summed E-state index contributed by atoms with van der Waals surface area (Å²) in [4.78, 5) is 11.8. The fourth-order valence-electron chi connectivity index (χ4n) is 0.895. The van der Waals surface area contributed by atoms with Crippen molar-refractivity contribution in [1.29, 1.82) is 0 Å². The first-order chi connectivity index (χ1) is 6.25. The van der Waals surface area contributed by atoms with Crippen molar-refractivity contribution in [2.24, 2.45) is 0 Å². The summed E-state index contributed by atoms with van der Waals surface area (Å²) in [6, 6.07) is 1.64. The molecule has 2 heterocycles. The van der Waals surface area contributed by atoms with Gasteiger partial charge in [-0.3, -0.25) is 0 Å². The third-order valence-corrected chi connectivity index (χ3v) is 2.35. The highest BCUT2D eigenvalue weighted by molar-refractivity contribution is 7.13. The Kier molecular flexibility index (Phi) is 2.12. The molecule has 0 unspecified atom stereocenters. The molecule has 0 aliphatic carbocycles. The van der Waals surface area contributed by atoms with Gasteiger partial charge in [-0.25, -0.2) is 15.0 Å². The fourth-order valence-corrected chi connectivity index (χ4v) is 1.68. The van der Waals surface area contributed by atoms with Crippen molar-refractivity contribution in [1.82, 2.24) is 15.0 Å². The SMILES string of the molecule is Nc1nc(Cl)cc(-c2nccs2)n1. The van der Waals surface area contributed by atoms with E-state index < -0.39 is 0 Å². The molecule has 2 aromatic rings. The van der Waals surface area contributed by atoms with Crippen LogP contribution in [0.5, 0.6) is 0 Å². The first-order valence-electron chi connectivity index (χ1n) is 3.45. The molecule has 2 N–H and O–H groups in total. The lowest BCUT2D eigenvalue weighted by atomic mass is 10.4. The van der Waals surface area contributed by atoms with Crippen LogP contribution in [0.2, 0.25) is 5.15 Å². The number of thiazole rings is 1. The van der Waals surface area contributed by atoms with Gasteiger partial charge in [0.2, 0.25) is 5.95 Å². The molecule has 0 saturated carbocycles. The number of hydrogen-bond acceptors (Lipinski definition) is 5. The van der Waals surface area contributed by atoms with Crippen LogP contribution in [0.4, 0.5) is 5.95 Å². The van der Waals surface area contributed by atoms with Crippen LogP contribution in [0.25, 0.3) is 10.7 Å². The summed E-state index contributed by atoms with van der Waals surface area (Å²) in [5.74, 6) is 0.165. The molecule has 6 heteroatoms. The first kappa shape index (κ1) is 8.40. The van der Waals surface area contributed by atoms with Gasteiger partial charge >= 0.3 is 0 Å². The Morgan fingerprint density at radius 3 is 2.85 bits per heavy atom. The molecule has 0 spiro atoms. The molecule has 0 amide bonds. The molecule has 0 bridgehead atoms. The van der Waals surface area contributed by atoms with Crippen LogP contribution in [0.1, 0.15) is 0 Å². The Balaban J connectivity index is 2.53. The molecule has 0 radical (unpaired) electrons. The number of nitrogens with two attached hydrogens (primary N) is 1. The van der Waals surface area contributed by atoms with E-state index in [1.807, 2.05) is 5.38 Å². The number of nitrogen functional groups attached to an aromatic ring is 1. The van der Waals surface area contributed by atoms with Crippen molar-refractivity contribution in [3.8, 4) is 10.7 Å². The second kappa shape index (κ2) is 3.27. The molecule has 0 aromatic carbocycles. The Hall–Kier alpha value is -1.20. The largest absolute Gasteiger partial charge is 0.368 e. The topological polar surface area (TPSA) is 64.7 Å². The van der Waals surface area contributed by atoms with Gasteiger partial charge in [-0.2, -0.15) is 0 Å². The van der Waals surface area contributed by atoms with Crippen LogP contribution in [0, 0.1) is 0 Å². The van der Waals surface area contributed by atoms with Crippen LogP contribution < -0.4 is 5.73 Å². The van der Waals surface area contributed by atoms with E-state index in [2.05, 4.69) is 15.0 Å². The van der Waals surface area contributed by atoms with Gasteiger partial charge in [0.25, 0.3) is 0 Å². The zero-order chi connectivity index (χ0) is 9.26. The van der Waals surface area contributed by atoms with Crippen molar-refractivity contribution in [2.45, 2.75) is 0 Å². The molecule has 2 rings (SSSR count). The zero-order valence-corrected chi connectivity index (χ0v) is 8.01. The first-order valence-corrected chi connectivity index (χ1v) is 4.71. The molecule has 0 atom stereocenters. The lowest BCUT2D eigenvalue weighted by molar-refractivity contribution is 1.18. The smallest absolute Gasteiger partial charge is 0.222 e. The van der Waals surface area contributed by atoms with Gasteiger partial charge in [-0.15, -0.1) is 11.3 Å². The number of halogens is 1. The molecule has 0 fully saturated rings. The van der Waals surface area contributed by atoms with E-state index in [1.165, 1.54) is 11.3 Å². The molecular formula is C7H5ClN4S. The highest BCUT2D eigenvalue weighted by atomic mass is 35.5. The van der Waals surface area contributed by atoms with Crippen molar-refractivity contribution in [2.75, 3.05) is 5.73 Å². The van der Waals surface area contributed by atoms with E-state index >= 15 is 0 Å². The molecule has 2 aromatic heterocycles. The number of anilines is 1.